The molecule has 0 spiro atoms. The molecular weight excluding hydrogens is 282 g/mol. The molecule has 23 heavy (non-hydrogen) atoms. The van der Waals surface area contributed by atoms with Crippen molar-refractivity contribution in [1.29, 1.82) is 0 Å². The molecule has 0 radical (unpaired) electrons. The Balaban J connectivity index is 2.05. The fraction of sp³-hybridized carbons (Fsp3) is 0.100. The fourth-order valence-electron chi connectivity index (χ4n) is 2.59. The minimum Gasteiger partial charge on any atom is -0.326 e. The van der Waals surface area contributed by atoms with E-state index in [1.165, 1.54) is 0 Å². The van der Waals surface area contributed by atoms with Gasteiger partial charge in [-0.2, -0.15) is 0 Å². The second-order valence-corrected chi connectivity index (χ2v) is 5.41. The molecule has 0 amide bonds. The SMILES string of the molecule is NCc1ccc(N(c2ccccc2)c2ccc(CN)cc2)cc1. The largest absolute Gasteiger partial charge is 0.326 e. The number of anilines is 3. The van der Waals surface area contributed by atoms with Crippen LogP contribution in [0.5, 0.6) is 0 Å². The summed E-state index contributed by atoms with van der Waals surface area (Å²) in [4.78, 5) is 2.22. The lowest BCUT2D eigenvalue weighted by atomic mass is 10.1. The van der Waals surface area contributed by atoms with Crippen molar-refractivity contribution in [3.63, 3.8) is 0 Å². The van der Waals surface area contributed by atoms with Gasteiger partial charge in [-0.25, -0.2) is 0 Å². The Kier molecular flexibility index (Phi) is 4.71. The smallest absolute Gasteiger partial charge is 0.0461 e. The van der Waals surface area contributed by atoms with Crippen molar-refractivity contribution in [2.24, 2.45) is 11.5 Å². The highest BCUT2D eigenvalue weighted by molar-refractivity contribution is 5.76. The first-order chi connectivity index (χ1) is 11.3. The van der Waals surface area contributed by atoms with E-state index in [1.54, 1.807) is 0 Å². The molecular formula is C20H21N3. The number of hydrogen-bond donors (Lipinski definition) is 2. The minimum absolute atomic E-state index is 0.552. The van der Waals surface area contributed by atoms with E-state index in [-0.39, 0.29) is 0 Å². The van der Waals surface area contributed by atoms with Gasteiger partial charge in [-0.05, 0) is 47.5 Å². The molecule has 116 valence electrons. The standard InChI is InChI=1S/C20H21N3/c21-14-16-6-10-19(11-7-16)23(18-4-2-1-3-5-18)20-12-8-17(15-22)9-13-20/h1-13H,14-15,21-22H2. The minimum atomic E-state index is 0.552. The van der Waals surface area contributed by atoms with Gasteiger partial charge in [0.1, 0.15) is 0 Å². The van der Waals surface area contributed by atoms with Crippen LogP contribution < -0.4 is 16.4 Å². The van der Waals surface area contributed by atoms with Gasteiger partial charge in [0.05, 0.1) is 0 Å². The zero-order valence-electron chi connectivity index (χ0n) is 13.0. The monoisotopic (exact) mass is 303 g/mol. The van der Waals surface area contributed by atoms with Gasteiger partial charge >= 0.3 is 0 Å². The Morgan fingerprint density at radius 3 is 1.30 bits per heavy atom. The molecule has 0 unspecified atom stereocenters. The molecule has 0 aliphatic rings. The molecule has 0 fully saturated rings. The summed E-state index contributed by atoms with van der Waals surface area (Å²) in [6.45, 7) is 1.10. The summed E-state index contributed by atoms with van der Waals surface area (Å²) in [7, 11) is 0. The Bertz CT molecular complexity index is 687. The first-order valence-electron chi connectivity index (χ1n) is 7.75. The maximum atomic E-state index is 5.70. The van der Waals surface area contributed by atoms with Crippen LogP contribution in [-0.2, 0) is 13.1 Å². The zero-order chi connectivity index (χ0) is 16.1. The molecule has 0 saturated heterocycles. The fourth-order valence-corrected chi connectivity index (χ4v) is 2.59. The van der Waals surface area contributed by atoms with Crippen LogP contribution in [0.25, 0.3) is 0 Å². The van der Waals surface area contributed by atoms with Crippen LogP contribution in [0.2, 0.25) is 0 Å². The third-order valence-corrected chi connectivity index (χ3v) is 3.87. The van der Waals surface area contributed by atoms with Gasteiger partial charge in [-0.3, -0.25) is 0 Å². The van der Waals surface area contributed by atoms with Gasteiger partial charge < -0.3 is 16.4 Å². The first kappa shape index (κ1) is 15.3. The second kappa shape index (κ2) is 7.09. The Morgan fingerprint density at radius 1 is 0.522 bits per heavy atom. The number of para-hydroxylation sites is 1. The summed E-state index contributed by atoms with van der Waals surface area (Å²) in [6.07, 6.45) is 0. The zero-order valence-corrected chi connectivity index (χ0v) is 13.0. The quantitative estimate of drug-likeness (QED) is 0.747. The number of nitrogens with zero attached hydrogens (tertiary/aromatic N) is 1. The normalized spacial score (nSPS) is 10.5. The summed E-state index contributed by atoms with van der Waals surface area (Å²) in [6, 6.07) is 27.0. The van der Waals surface area contributed by atoms with Crippen molar-refractivity contribution in [3.8, 4) is 0 Å². The molecule has 4 N–H and O–H groups in total. The molecule has 0 heterocycles. The van der Waals surface area contributed by atoms with Crippen molar-refractivity contribution >= 4 is 17.1 Å². The number of nitrogens with two attached hydrogens (primary N) is 2. The maximum absolute atomic E-state index is 5.70. The molecule has 0 bridgehead atoms. The number of rotatable bonds is 5. The van der Waals surface area contributed by atoms with E-state index in [1.807, 2.05) is 18.2 Å². The van der Waals surface area contributed by atoms with E-state index in [0.29, 0.717) is 13.1 Å². The van der Waals surface area contributed by atoms with E-state index < -0.39 is 0 Å². The molecule has 3 aromatic rings. The van der Waals surface area contributed by atoms with Gasteiger partial charge in [0, 0.05) is 30.2 Å². The molecule has 3 heteroatoms. The third-order valence-electron chi connectivity index (χ3n) is 3.87. The summed E-state index contributed by atoms with van der Waals surface area (Å²) >= 11 is 0. The van der Waals surface area contributed by atoms with Crippen molar-refractivity contribution in [3.05, 3.63) is 90.0 Å². The number of hydrogen-bond acceptors (Lipinski definition) is 3. The molecule has 3 rings (SSSR count). The van der Waals surface area contributed by atoms with Gasteiger partial charge in [-0.1, -0.05) is 42.5 Å². The molecule has 3 nitrogen and oxygen atoms in total. The maximum Gasteiger partial charge on any atom is 0.0461 e. The summed E-state index contributed by atoms with van der Waals surface area (Å²) in [5, 5.41) is 0. The lowest BCUT2D eigenvalue weighted by Crippen LogP contribution is -2.10. The lowest BCUT2D eigenvalue weighted by Gasteiger charge is -2.25. The van der Waals surface area contributed by atoms with Gasteiger partial charge in [0.2, 0.25) is 0 Å². The Labute approximate surface area is 137 Å². The van der Waals surface area contributed by atoms with E-state index in [9.17, 15) is 0 Å². The van der Waals surface area contributed by atoms with Crippen LogP contribution in [0.15, 0.2) is 78.9 Å². The predicted molar refractivity (Wildman–Crippen MR) is 96.9 cm³/mol. The second-order valence-electron chi connectivity index (χ2n) is 5.41. The highest BCUT2D eigenvalue weighted by Gasteiger charge is 2.11. The van der Waals surface area contributed by atoms with Gasteiger partial charge in [-0.15, -0.1) is 0 Å². The van der Waals surface area contributed by atoms with E-state index >= 15 is 0 Å². The topological polar surface area (TPSA) is 55.3 Å². The highest BCUT2D eigenvalue weighted by Crippen LogP contribution is 2.34. The van der Waals surface area contributed by atoms with Gasteiger partial charge in [0.25, 0.3) is 0 Å². The number of benzene rings is 3. The molecule has 0 aliphatic heterocycles. The van der Waals surface area contributed by atoms with Crippen LogP contribution in [-0.4, -0.2) is 0 Å². The lowest BCUT2D eigenvalue weighted by molar-refractivity contribution is 1.07. The van der Waals surface area contributed by atoms with E-state index in [2.05, 4.69) is 65.6 Å². The van der Waals surface area contributed by atoms with Crippen LogP contribution in [0.4, 0.5) is 17.1 Å². The van der Waals surface area contributed by atoms with Crippen molar-refractivity contribution < 1.29 is 0 Å². The molecule has 3 aromatic carbocycles. The van der Waals surface area contributed by atoms with Crippen molar-refractivity contribution in [2.45, 2.75) is 13.1 Å². The Morgan fingerprint density at radius 2 is 0.913 bits per heavy atom. The van der Waals surface area contributed by atoms with Crippen LogP contribution >= 0.6 is 0 Å². The molecule has 0 aliphatic carbocycles. The van der Waals surface area contributed by atoms with Crippen molar-refractivity contribution in [1.82, 2.24) is 0 Å². The molecule has 0 saturated carbocycles. The summed E-state index contributed by atoms with van der Waals surface area (Å²) < 4.78 is 0. The highest BCUT2D eigenvalue weighted by atomic mass is 15.1. The average molecular weight is 303 g/mol. The van der Waals surface area contributed by atoms with Crippen molar-refractivity contribution in [2.75, 3.05) is 4.90 Å². The van der Waals surface area contributed by atoms with Gasteiger partial charge in [0.15, 0.2) is 0 Å². The summed E-state index contributed by atoms with van der Waals surface area (Å²) in [5.41, 5.74) is 17.0. The van der Waals surface area contributed by atoms with E-state index in [0.717, 1.165) is 28.2 Å². The molecule has 0 aromatic heterocycles. The first-order valence-corrected chi connectivity index (χ1v) is 7.75. The third kappa shape index (κ3) is 3.42. The molecule has 0 atom stereocenters. The van der Waals surface area contributed by atoms with E-state index in [4.69, 9.17) is 11.5 Å². The predicted octanol–water partition coefficient (Wildman–Crippen LogP) is 4.07. The van der Waals surface area contributed by atoms with Crippen LogP contribution in [0.3, 0.4) is 0 Å². The average Bonchev–Trinajstić information content (AvgIpc) is 2.64. The van der Waals surface area contributed by atoms with Crippen LogP contribution in [0, 0.1) is 0 Å². The summed E-state index contributed by atoms with van der Waals surface area (Å²) in [5.74, 6) is 0. The Hall–Kier alpha value is -2.62. The van der Waals surface area contributed by atoms with Crippen LogP contribution in [0.1, 0.15) is 11.1 Å².